The first-order chi connectivity index (χ1) is 7.26. The van der Waals surface area contributed by atoms with Crippen molar-refractivity contribution >= 4 is 11.5 Å². The minimum atomic E-state index is 0.568. The molecule has 1 aliphatic rings. The van der Waals surface area contributed by atoms with Gasteiger partial charge in [0.15, 0.2) is 0 Å². The van der Waals surface area contributed by atoms with E-state index in [2.05, 4.69) is 29.6 Å². The molecule has 0 radical (unpaired) electrons. The number of nitrogens with one attached hydrogen (secondary N) is 2. The quantitative estimate of drug-likeness (QED) is 0.781. The van der Waals surface area contributed by atoms with Crippen LogP contribution in [0.4, 0.5) is 11.5 Å². The van der Waals surface area contributed by atoms with Crippen LogP contribution in [0.15, 0.2) is 0 Å². The average molecular weight is 208 g/mol. The van der Waals surface area contributed by atoms with Gasteiger partial charge in [-0.25, -0.2) is 0 Å². The number of rotatable bonds is 2. The van der Waals surface area contributed by atoms with Gasteiger partial charge in [-0.2, -0.15) is 5.10 Å². The molecule has 4 heteroatoms. The highest BCUT2D eigenvalue weighted by molar-refractivity contribution is 5.69. The van der Waals surface area contributed by atoms with Crippen LogP contribution in [0.3, 0.4) is 0 Å². The number of hydrogen-bond acceptors (Lipinski definition) is 3. The van der Waals surface area contributed by atoms with Gasteiger partial charge in [-0.3, -0.25) is 4.68 Å². The summed E-state index contributed by atoms with van der Waals surface area (Å²) in [6.45, 7) is 5.41. The van der Waals surface area contributed by atoms with Gasteiger partial charge in [0.05, 0.1) is 5.69 Å². The van der Waals surface area contributed by atoms with Crippen LogP contribution in [0.1, 0.15) is 32.4 Å². The molecule has 1 aromatic heterocycles. The summed E-state index contributed by atoms with van der Waals surface area (Å²) in [7, 11) is 2.00. The smallest absolute Gasteiger partial charge is 0.148 e. The Morgan fingerprint density at radius 2 is 2.27 bits per heavy atom. The van der Waals surface area contributed by atoms with Crippen molar-refractivity contribution in [1.82, 2.24) is 9.78 Å². The predicted octanol–water partition coefficient (Wildman–Crippen LogP) is 1.99. The van der Waals surface area contributed by atoms with Crippen LogP contribution in [0.25, 0.3) is 0 Å². The molecule has 1 aliphatic heterocycles. The molecule has 2 heterocycles. The zero-order valence-electron chi connectivity index (χ0n) is 9.80. The molecule has 0 aliphatic carbocycles. The lowest BCUT2D eigenvalue weighted by atomic mass is 10.1. The average Bonchev–Trinajstić information content (AvgIpc) is 2.45. The van der Waals surface area contributed by atoms with Crippen molar-refractivity contribution in [2.24, 2.45) is 7.05 Å². The van der Waals surface area contributed by atoms with Gasteiger partial charge >= 0.3 is 0 Å². The third-order valence-corrected chi connectivity index (χ3v) is 3.08. The van der Waals surface area contributed by atoms with Crippen molar-refractivity contribution in [3.05, 3.63) is 5.69 Å². The standard InChI is InChI=1S/C11H20N4/c1-4-8-6-7-12-10-9(5-2)14-15(3)11(10)13-8/h8,12-13H,4-7H2,1-3H3. The number of aromatic nitrogens is 2. The molecule has 1 atom stereocenters. The summed E-state index contributed by atoms with van der Waals surface area (Å²) in [5.41, 5.74) is 2.37. The first kappa shape index (κ1) is 10.3. The van der Waals surface area contributed by atoms with Gasteiger partial charge in [-0.1, -0.05) is 13.8 Å². The van der Waals surface area contributed by atoms with Gasteiger partial charge < -0.3 is 10.6 Å². The number of hydrogen-bond donors (Lipinski definition) is 2. The summed E-state index contributed by atoms with van der Waals surface area (Å²) >= 11 is 0. The fraction of sp³-hybridized carbons (Fsp3) is 0.727. The summed E-state index contributed by atoms with van der Waals surface area (Å²) in [5.74, 6) is 1.15. The maximum atomic E-state index is 4.51. The van der Waals surface area contributed by atoms with Crippen LogP contribution < -0.4 is 10.6 Å². The molecule has 0 fully saturated rings. The summed E-state index contributed by atoms with van der Waals surface area (Å²) in [5, 5.41) is 11.6. The van der Waals surface area contributed by atoms with E-state index in [1.165, 1.54) is 12.1 Å². The lowest BCUT2D eigenvalue weighted by Gasteiger charge is -2.14. The molecular weight excluding hydrogens is 188 g/mol. The van der Waals surface area contributed by atoms with E-state index in [9.17, 15) is 0 Å². The topological polar surface area (TPSA) is 41.9 Å². The highest BCUT2D eigenvalue weighted by Gasteiger charge is 2.20. The maximum absolute atomic E-state index is 4.51. The number of anilines is 2. The van der Waals surface area contributed by atoms with E-state index >= 15 is 0 Å². The van der Waals surface area contributed by atoms with E-state index < -0.39 is 0 Å². The van der Waals surface area contributed by atoms with E-state index in [-0.39, 0.29) is 0 Å². The molecule has 0 saturated heterocycles. The first-order valence-electron chi connectivity index (χ1n) is 5.82. The molecule has 84 valence electrons. The zero-order valence-corrected chi connectivity index (χ0v) is 9.80. The Morgan fingerprint density at radius 1 is 1.47 bits per heavy atom. The van der Waals surface area contributed by atoms with Crippen molar-refractivity contribution < 1.29 is 0 Å². The predicted molar refractivity (Wildman–Crippen MR) is 63.4 cm³/mol. The van der Waals surface area contributed by atoms with Gasteiger partial charge in [0, 0.05) is 19.6 Å². The third-order valence-electron chi connectivity index (χ3n) is 3.08. The van der Waals surface area contributed by atoms with E-state index in [4.69, 9.17) is 0 Å². The van der Waals surface area contributed by atoms with Crippen molar-refractivity contribution in [1.29, 1.82) is 0 Å². The molecule has 2 rings (SSSR count). The Kier molecular flexibility index (Phi) is 2.84. The monoisotopic (exact) mass is 208 g/mol. The van der Waals surface area contributed by atoms with Crippen LogP contribution >= 0.6 is 0 Å². The normalized spacial score (nSPS) is 20.1. The molecule has 0 bridgehead atoms. The highest BCUT2D eigenvalue weighted by atomic mass is 15.3. The van der Waals surface area contributed by atoms with E-state index in [1.54, 1.807) is 0 Å². The van der Waals surface area contributed by atoms with Crippen molar-refractivity contribution in [3.8, 4) is 0 Å². The van der Waals surface area contributed by atoms with Gasteiger partial charge in [0.25, 0.3) is 0 Å². The molecular formula is C11H20N4. The van der Waals surface area contributed by atoms with Gasteiger partial charge in [-0.15, -0.1) is 0 Å². The Hall–Kier alpha value is -1.19. The van der Waals surface area contributed by atoms with E-state index in [1.807, 2.05) is 11.7 Å². The van der Waals surface area contributed by atoms with Gasteiger partial charge in [0.2, 0.25) is 0 Å². The maximum Gasteiger partial charge on any atom is 0.148 e. The number of nitrogens with zero attached hydrogens (tertiary/aromatic N) is 2. The Labute approximate surface area is 91.1 Å². The van der Waals surface area contributed by atoms with Crippen molar-refractivity contribution in [2.75, 3.05) is 17.2 Å². The summed E-state index contributed by atoms with van der Waals surface area (Å²) in [6, 6.07) is 0.568. The molecule has 0 saturated carbocycles. The summed E-state index contributed by atoms with van der Waals surface area (Å²) in [4.78, 5) is 0. The number of aryl methyl sites for hydroxylation is 2. The number of fused-ring (bicyclic) bond motifs is 1. The second-order valence-corrected chi connectivity index (χ2v) is 4.11. The van der Waals surface area contributed by atoms with Crippen LogP contribution in [-0.4, -0.2) is 22.4 Å². The molecule has 0 aromatic carbocycles. The van der Waals surface area contributed by atoms with Gasteiger partial charge in [0.1, 0.15) is 11.5 Å². The minimum absolute atomic E-state index is 0.568. The SMILES string of the molecule is CCc1nn(C)c2c1NCCC(CC)N2. The lowest BCUT2D eigenvalue weighted by molar-refractivity contribution is 0.644. The van der Waals surface area contributed by atoms with Crippen LogP contribution in [0.5, 0.6) is 0 Å². The van der Waals surface area contributed by atoms with E-state index in [0.29, 0.717) is 6.04 Å². The minimum Gasteiger partial charge on any atom is -0.380 e. The second kappa shape index (κ2) is 4.13. The van der Waals surface area contributed by atoms with Crippen LogP contribution in [0.2, 0.25) is 0 Å². The fourth-order valence-electron chi connectivity index (χ4n) is 2.12. The highest BCUT2D eigenvalue weighted by Crippen LogP contribution is 2.29. The third kappa shape index (κ3) is 1.80. The lowest BCUT2D eigenvalue weighted by Crippen LogP contribution is -2.20. The Bertz CT molecular complexity index is 343. The van der Waals surface area contributed by atoms with Gasteiger partial charge in [-0.05, 0) is 19.3 Å². The summed E-state index contributed by atoms with van der Waals surface area (Å²) < 4.78 is 1.95. The largest absolute Gasteiger partial charge is 0.380 e. The molecule has 1 aromatic rings. The Balaban J connectivity index is 2.34. The fourth-order valence-corrected chi connectivity index (χ4v) is 2.12. The molecule has 0 amide bonds. The van der Waals surface area contributed by atoms with Crippen molar-refractivity contribution in [3.63, 3.8) is 0 Å². The first-order valence-corrected chi connectivity index (χ1v) is 5.82. The molecule has 4 nitrogen and oxygen atoms in total. The Morgan fingerprint density at radius 3 is 2.93 bits per heavy atom. The van der Waals surface area contributed by atoms with Crippen molar-refractivity contribution in [2.45, 2.75) is 39.2 Å². The summed E-state index contributed by atoms with van der Waals surface area (Å²) in [6.07, 6.45) is 3.32. The van der Waals surface area contributed by atoms with E-state index in [0.717, 1.165) is 30.9 Å². The molecule has 1 unspecified atom stereocenters. The van der Waals surface area contributed by atoms with Crippen LogP contribution in [-0.2, 0) is 13.5 Å². The molecule has 2 N–H and O–H groups in total. The second-order valence-electron chi connectivity index (χ2n) is 4.11. The molecule has 0 spiro atoms. The van der Waals surface area contributed by atoms with Crippen LogP contribution in [0, 0.1) is 0 Å². The molecule has 15 heavy (non-hydrogen) atoms. The zero-order chi connectivity index (χ0) is 10.8.